The lowest BCUT2D eigenvalue weighted by Crippen LogP contribution is -2.61. The van der Waals surface area contributed by atoms with E-state index in [0.717, 1.165) is 38.0 Å². The average molecular weight is 763 g/mol. The second-order valence-corrected chi connectivity index (χ2v) is 15.0. The minimum Gasteiger partial charge on any atom is -0.398 e. The van der Waals surface area contributed by atoms with Crippen LogP contribution in [0.4, 0.5) is 32.0 Å². The van der Waals surface area contributed by atoms with E-state index in [-0.39, 0.29) is 24.7 Å². The van der Waals surface area contributed by atoms with E-state index in [4.69, 9.17) is 5.73 Å². The quantitative estimate of drug-likeness (QED) is 0.256. The molecule has 292 valence electrons. The van der Waals surface area contributed by atoms with Gasteiger partial charge in [-0.25, -0.2) is 9.48 Å². The van der Waals surface area contributed by atoms with Crippen molar-refractivity contribution in [3.63, 3.8) is 0 Å². The van der Waals surface area contributed by atoms with Crippen molar-refractivity contribution in [2.24, 2.45) is 11.8 Å². The molecule has 5 saturated heterocycles. The number of H-pyrrole nitrogens is 1. The first-order valence-corrected chi connectivity index (χ1v) is 18.5. The van der Waals surface area contributed by atoms with Crippen LogP contribution in [-0.2, 0) is 28.4 Å². The van der Waals surface area contributed by atoms with Gasteiger partial charge in [0, 0.05) is 63.8 Å². The van der Waals surface area contributed by atoms with Gasteiger partial charge < -0.3 is 20.4 Å². The maximum atomic E-state index is 14.2. The second-order valence-electron chi connectivity index (χ2n) is 15.0. The highest BCUT2D eigenvalue weighted by Gasteiger charge is 2.43. The number of nitrogens with zero attached hydrogens (tertiary/aromatic N) is 6. The Kier molecular flexibility index (Phi) is 10.6. The van der Waals surface area contributed by atoms with Crippen molar-refractivity contribution in [2.75, 3.05) is 64.6 Å². The SMILES string of the molecule is Nc1c(C(F)(F)F)cc(C[C@@H](CC(=O)N2CCC(n3nc(-c4ccccc4)[nH]c3=O)CC2)C(=O)N2CCN(C3CN4CCC3CC4)CC2)cc1C(F)(F)F. The third kappa shape index (κ3) is 8.02. The zero-order chi connectivity index (χ0) is 38.4. The van der Waals surface area contributed by atoms with Crippen molar-refractivity contribution >= 4 is 17.5 Å². The zero-order valence-corrected chi connectivity index (χ0v) is 29.7. The number of nitrogens with two attached hydrogens (primary N) is 1. The van der Waals surface area contributed by atoms with Gasteiger partial charge in [-0.05, 0) is 68.8 Å². The van der Waals surface area contributed by atoms with Gasteiger partial charge in [-0.2, -0.15) is 26.3 Å². The minimum absolute atomic E-state index is 0.223. The van der Waals surface area contributed by atoms with Crippen LogP contribution in [0.25, 0.3) is 11.4 Å². The number of carbonyl (C=O) groups is 2. The molecule has 17 heteroatoms. The Bertz CT molecular complexity index is 1840. The number of fused-ring (bicyclic) bond motifs is 3. The third-order valence-electron chi connectivity index (χ3n) is 11.7. The van der Waals surface area contributed by atoms with Crippen LogP contribution >= 0.6 is 0 Å². The molecule has 0 radical (unpaired) electrons. The van der Waals surface area contributed by atoms with E-state index >= 15 is 0 Å². The van der Waals surface area contributed by atoms with E-state index in [1.54, 1.807) is 4.90 Å². The van der Waals surface area contributed by atoms with E-state index in [1.807, 2.05) is 30.3 Å². The van der Waals surface area contributed by atoms with Crippen LogP contribution in [-0.4, -0.2) is 111 Å². The normalized spacial score (nSPS) is 23.5. The highest BCUT2D eigenvalue weighted by molar-refractivity contribution is 5.86. The Morgan fingerprint density at radius 2 is 1.44 bits per heavy atom. The summed E-state index contributed by atoms with van der Waals surface area (Å²) >= 11 is 0. The van der Waals surface area contributed by atoms with Gasteiger partial charge in [-0.3, -0.25) is 19.5 Å². The highest BCUT2D eigenvalue weighted by atomic mass is 19.4. The third-order valence-corrected chi connectivity index (χ3v) is 11.7. The first kappa shape index (κ1) is 37.9. The minimum atomic E-state index is -5.18. The lowest BCUT2D eigenvalue weighted by molar-refractivity contribution is -0.143. The summed E-state index contributed by atoms with van der Waals surface area (Å²) in [5, 5.41) is 4.46. The Hall–Kier alpha value is -4.38. The summed E-state index contributed by atoms with van der Waals surface area (Å²) in [6.45, 7) is 5.44. The van der Waals surface area contributed by atoms with Crippen molar-refractivity contribution in [1.29, 1.82) is 0 Å². The molecule has 2 atom stereocenters. The van der Waals surface area contributed by atoms with Crippen molar-refractivity contribution in [3.8, 4) is 11.4 Å². The van der Waals surface area contributed by atoms with E-state index in [9.17, 15) is 40.7 Å². The maximum absolute atomic E-state index is 14.2. The maximum Gasteiger partial charge on any atom is 0.418 e. The summed E-state index contributed by atoms with van der Waals surface area (Å²) in [6.07, 6.45) is -8.26. The molecule has 2 bridgehead atoms. The van der Waals surface area contributed by atoms with Gasteiger partial charge in [0.2, 0.25) is 11.8 Å². The van der Waals surface area contributed by atoms with Crippen LogP contribution in [0.5, 0.6) is 0 Å². The zero-order valence-electron chi connectivity index (χ0n) is 29.7. The number of alkyl halides is 6. The molecular weight excluding hydrogens is 718 g/mol. The van der Waals surface area contributed by atoms with Gasteiger partial charge in [-0.15, -0.1) is 5.10 Å². The van der Waals surface area contributed by atoms with Gasteiger partial charge in [0.25, 0.3) is 0 Å². The fourth-order valence-corrected chi connectivity index (χ4v) is 8.72. The molecule has 54 heavy (non-hydrogen) atoms. The standard InChI is InChI=1S/C37H44F6N8O3/c38-36(39,40)28-19-23(20-29(32(28)44)37(41,42)43)18-26(34(53)50-16-14-48(15-17-50)30-22-47-10-6-24(30)7-11-47)21-31(52)49-12-8-27(9-13-49)51-35(54)45-33(46-51)25-4-2-1-3-5-25/h1-5,19-20,24,26-27,30H,6-18,21-22,44H2,(H,45,46,54)/t26-,30?/m0/s1. The topological polar surface area (TPSA) is 124 Å². The predicted octanol–water partition coefficient (Wildman–Crippen LogP) is 4.51. The Labute approximate surface area is 308 Å². The number of carbonyl (C=O) groups excluding carboxylic acids is 2. The first-order chi connectivity index (χ1) is 25.7. The molecule has 3 aromatic rings. The van der Waals surface area contributed by atoms with Gasteiger partial charge >= 0.3 is 18.0 Å². The number of piperazine rings is 1. The molecular formula is C37H44F6N8O3. The number of likely N-dealkylation sites (tertiary alicyclic amines) is 1. The molecule has 5 aliphatic heterocycles. The molecule has 11 nitrogen and oxygen atoms in total. The first-order valence-electron chi connectivity index (χ1n) is 18.5. The van der Waals surface area contributed by atoms with Crippen molar-refractivity contribution in [2.45, 2.75) is 63.0 Å². The number of rotatable bonds is 8. The molecule has 8 rings (SSSR count). The molecule has 0 saturated carbocycles. The Morgan fingerprint density at radius 1 is 0.833 bits per heavy atom. The Balaban J connectivity index is 1.07. The van der Waals surface area contributed by atoms with Gasteiger partial charge in [0.1, 0.15) is 0 Å². The molecule has 2 amide bonds. The van der Waals surface area contributed by atoms with Crippen LogP contribution in [0, 0.1) is 11.8 Å². The molecule has 5 fully saturated rings. The van der Waals surface area contributed by atoms with E-state index in [0.29, 0.717) is 68.9 Å². The summed E-state index contributed by atoms with van der Waals surface area (Å²) in [6, 6.07) is 10.3. The molecule has 1 unspecified atom stereocenters. The fourth-order valence-electron chi connectivity index (χ4n) is 8.72. The van der Waals surface area contributed by atoms with Crippen LogP contribution in [0.1, 0.15) is 54.8 Å². The second kappa shape index (κ2) is 15.0. The molecule has 0 spiro atoms. The summed E-state index contributed by atoms with van der Waals surface area (Å²) in [4.78, 5) is 51.4. The number of amides is 2. The smallest absolute Gasteiger partial charge is 0.398 e. The number of aromatic nitrogens is 3. The largest absolute Gasteiger partial charge is 0.418 e. The number of benzene rings is 2. The van der Waals surface area contributed by atoms with E-state index in [2.05, 4.69) is 19.9 Å². The number of halogens is 6. The van der Waals surface area contributed by atoms with Crippen molar-refractivity contribution < 1.29 is 35.9 Å². The van der Waals surface area contributed by atoms with Crippen molar-refractivity contribution in [3.05, 3.63) is 69.6 Å². The molecule has 3 N–H and O–H groups in total. The molecule has 0 aliphatic carbocycles. The van der Waals surface area contributed by atoms with Gasteiger partial charge in [0.05, 0.1) is 28.8 Å². The number of piperidine rings is 4. The molecule has 6 heterocycles. The van der Waals surface area contributed by atoms with E-state index < -0.39 is 65.4 Å². The highest BCUT2D eigenvalue weighted by Crippen LogP contribution is 2.42. The summed E-state index contributed by atoms with van der Waals surface area (Å²) in [7, 11) is 0. The number of nitrogen functional groups attached to an aromatic ring is 1. The molecule has 1 aromatic heterocycles. The molecule has 2 aromatic carbocycles. The number of aromatic amines is 1. The number of hydrogen-bond acceptors (Lipinski definition) is 7. The summed E-state index contributed by atoms with van der Waals surface area (Å²) < 4.78 is 85.0. The average Bonchev–Trinajstić information content (AvgIpc) is 3.56. The lowest BCUT2D eigenvalue weighted by Gasteiger charge is -2.51. The number of nitrogens with one attached hydrogen (secondary N) is 1. The predicted molar refractivity (Wildman–Crippen MR) is 187 cm³/mol. The van der Waals surface area contributed by atoms with Gasteiger partial charge in [-0.1, -0.05) is 30.3 Å². The van der Waals surface area contributed by atoms with Crippen LogP contribution < -0.4 is 11.4 Å². The summed E-state index contributed by atoms with van der Waals surface area (Å²) in [5.41, 5.74) is 0.647. The number of hydrogen-bond donors (Lipinski definition) is 2. The Morgan fingerprint density at radius 3 is 2.00 bits per heavy atom. The lowest BCUT2D eigenvalue weighted by atomic mass is 9.83. The molecule has 5 aliphatic rings. The fraction of sp³-hybridized carbons (Fsp3) is 0.568. The van der Waals surface area contributed by atoms with Crippen LogP contribution in [0.3, 0.4) is 0 Å². The van der Waals surface area contributed by atoms with Crippen LogP contribution in [0.15, 0.2) is 47.3 Å². The van der Waals surface area contributed by atoms with Gasteiger partial charge in [0.15, 0.2) is 5.82 Å². The monoisotopic (exact) mass is 762 g/mol. The summed E-state index contributed by atoms with van der Waals surface area (Å²) in [5.74, 6) is -1.15. The van der Waals surface area contributed by atoms with E-state index in [1.165, 1.54) is 9.58 Å². The van der Waals surface area contributed by atoms with Crippen molar-refractivity contribution in [1.82, 2.24) is 34.4 Å². The van der Waals surface area contributed by atoms with Crippen LogP contribution in [0.2, 0.25) is 0 Å². The number of anilines is 1.